The van der Waals surface area contributed by atoms with E-state index >= 15 is 0 Å². The van der Waals surface area contributed by atoms with Crippen molar-refractivity contribution < 1.29 is 0 Å². The van der Waals surface area contributed by atoms with Gasteiger partial charge in [-0.05, 0) is 30.8 Å². The lowest BCUT2D eigenvalue weighted by Crippen LogP contribution is -1.86. The molecule has 0 unspecified atom stereocenters. The average molecular weight is 168 g/mol. The van der Waals surface area contributed by atoms with E-state index in [0.717, 1.165) is 16.3 Å². The number of nitrogens with one attached hydrogen (secondary N) is 1. The third-order valence-electron chi connectivity index (χ3n) is 1.44. The highest BCUT2D eigenvalue weighted by Gasteiger charge is 1.94. The number of anilines is 1. The summed E-state index contributed by atoms with van der Waals surface area (Å²) in [6.07, 6.45) is 1.63. The third-order valence-corrected chi connectivity index (χ3v) is 1.85. The molecule has 0 saturated heterocycles. The SMILES string of the molecule is C=CNc1ccc(C)c(Cl)c1. The Kier molecular flexibility index (Phi) is 2.55. The van der Waals surface area contributed by atoms with Crippen molar-refractivity contribution in [3.05, 3.63) is 41.6 Å². The van der Waals surface area contributed by atoms with Crippen LogP contribution >= 0.6 is 11.6 Å². The van der Waals surface area contributed by atoms with Crippen molar-refractivity contribution in [1.82, 2.24) is 0 Å². The minimum Gasteiger partial charge on any atom is -0.362 e. The molecular formula is C9H10ClN. The quantitative estimate of drug-likeness (QED) is 0.714. The highest BCUT2D eigenvalue weighted by molar-refractivity contribution is 6.31. The standard InChI is InChI=1S/C9H10ClN/c1-3-11-8-5-4-7(2)9(10)6-8/h3-6,11H,1H2,2H3. The Morgan fingerprint density at radius 1 is 1.55 bits per heavy atom. The Bertz CT molecular complexity index is 268. The monoisotopic (exact) mass is 167 g/mol. The Morgan fingerprint density at radius 2 is 2.27 bits per heavy atom. The molecule has 58 valence electrons. The Hall–Kier alpha value is -0.950. The first kappa shape index (κ1) is 8.15. The number of hydrogen-bond donors (Lipinski definition) is 1. The second-order valence-electron chi connectivity index (χ2n) is 2.31. The number of hydrogen-bond acceptors (Lipinski definition) is 1. The van der Waals surface area contributed by atoms with Crippen molar-refractivity contribution in [2.45, 2.75) is 6.92 Å². The minimum atomic E-state index is 0.775. The molecule has 0 amide bonds. The summed E-state index contributed by atoms with van der Waals surface area (Å²) in [6.45, 7) is 5.53. The highest BCUT2D eigenvalue weighted by atomic mass is 35.5. The van der Waals surface area contributed by atoms with Gasteiger partial charge in [0.25, 0.3) is 0 Å². The molecule has 0 radical (unpaired) electrons. The number of rotatable bonds is 2. The first-order chi connectivity index (χ1) is 5.24. The fourth-order valence-electron chi connectivity index (χ4n) is 0.800. The van der Waals surface area contributed by atoms with Crippen LogP contribution in [0.5, 0.6) is 0 Å². The molecular weight excluding hydrogens is 158 g/mol. The summed E-state index contributed by atoms with van der Waals surface area (Å²) >= 11 is 5.88. The molecule has 0 heterocycles. The van der Waals surface area contributed by atoms with E-state index in [1.807, 2.05) is 25.1 Å². The van der Waals surface area contributed by atoms with E-state index in [2.05, 4.69) is 11.9 Å². The van der Waals surface area contributed by atoms with Gasteiger partial charge < -0.3 is 5.32 Å². The lowest BCUT2D eigenvalue weighted by Gasteiger charge is -2.02. The van der Waals surface area contributed by atoms with Crippen LogP contribution in [0.15, 0.2) is 31.0 Å². The van der Waals surface area contributed by atoms with Crippen molar-refractivity contribution in [2.75, 3.05) is 5.32 Å². The van der Waals surface area contributed by atoms with Gasteiger partial charge in [0.1, 0.15) is 0 Å². The summed E-state index contributed by atoms with van der Waals surface area (Å²) in [6, 6.07) is 5.80. The molecule has 0 aliphatic heterocycles. The summed E-state index contributed by atoms with van der Waals surface area (Å²) in [4.78, 5) is 0. The largest absolute Gasteiger partial charge is 0.362 e. The third kappa shape index (κ3) is 1.99. The molecule has 1 N–H and O–H groups in total. The van der Waals surface area contributed by atoms with Crippen molar-refractivity contribution in [2.24, 2.45) is 0 Å². The topological polar surface area (TPSA) is 12.0 Å². The van der Waals surface area contributed by atoms with Gasteiger partial charge in [0.2, 0.25) is 0 Å². The molecule has 0 bridgehead atoms. The molecule has 1 rings (SSSR count). The predicted molar refractivity (Wildman–Crippen MR) is 50.0 cm³/mol. The number of aryl methyl sites for hydroxylation is 1. The lowest BCUT2D eigenvalue weighted by molar-refractivity contribution is 1.46. The molecule has 0 fully saturated rings. The zero-order valence-corrected chi connectivity index (χ0v) is 7.15. The molecule has 2 heteroatoms. The van der Waals surface area contributed by atoms with Gasteiger partial charge in [-0.1, -0.05) is 24.2 Å². The van der Waals surface area contributed by atoms with Gasteiger partial charge in [0, 0.05) is 10.7 Å². The molecule has 1 nitrogen and oxygen atoms in total. The van der Waals surface area contributed by atoms with Gasteiger partial charge in [0.05, 0.1) is 0 Å². The predicted octanol–water partition coefficient (Wildman–Crippen LogP) is 3.20. The maximum atomic E-state index is 5.88. The van der Waals surface area contributed by atoms with Gasteiger partial charge in [-0.2, -0.15) is 0 Å². The van der Waals surface area contributed by atoms with Crippen LogP contribution in [0.1, 0.15) is 5.56 Å². The van der Waals surface area contributed by atoms with Crippen LogP contribution in [0.4, 0.5) is 5.69 Å². The van der Waals surface area contributed by atoms with E-state index in [1.165, 1.54) is 0 Å². The van der Waals surface area contributed by atoms with Crippen LogP contribution in [-0.4, -0.2) is 0 Å². The van der Waals surface area contributed by atoms with Crippen LogP contribution in [0, 0.1) is 6.92 Å². The van der Waals surface area contributed by atoms with Gasteiger partial charge in [0.15, 0.2) is 0 Å². The molecule has 0 atom stereocenters. The van der Waals surface area contributed by atoms with E-state index in [0.29, 0.717) is 0 Å². The minimum absolute atomic E-state index is 0.775. The van der Waals surface area contributed by atoms with Gasteiger partial charge in [-0.3, -0.25) is 0 Å². The molecule has 1 aromatic carbocycles. The van der Waals surface area contributed by atoms with Crippen LogP contribution in [0.2, 0.25) is 5.02 Å². The average Bonchev–Trinajstić information content (AvgIpc) is 1.98. The highest BCUT2D eigenvalue weighted by Crippen LogP contribution is 2.19. The second kappa shape index (κ2) is 3.44. The summed E-state index contributed by atoms with van der Waals surface area (Å²) in [7, 11) is 0. The summed E-state index contributed by atoms with van der Waals surface area (Å²) in [5.74, 6) is 0. The zero-order chi connectivity index (χ0) is 8.27. The Balaban J connectivity index is 2.95. The lowest BCUT2D eigenvalue weighted by atomic mass is 10.2. The van der Waals surface area contributed by atoms with Crippen molar-refractivity contribution in [1.29, 1.82) is 0 Å². The van der Waals surface area contributed by atoms with Crippen molar-refractivity contribution >= 4 is 17.3 Å². The van der Waals surface area contributed by atoms with Crippen LogP contribution in [-0.2, 0) is 0 Å². The summed E-state index contributed by atoms with van der Waals surface area (Å²) < 4.78 is 0. The molecule has 0 saturated carbocycles. The smallest absolute Gasteiger partial charge is 0.0455 e. The molecule has 1 aromatic rings. The first-order valence-corrected chi connectivity index (χ1v) is 3.75. The maximum Gasteiger partial charge on any atom is 0.0455 e. The van der Waals surface area contributed by atoms with E-state index < -0.39 is 0 Å². The van der Waals surface area contributed by atoms with Crippen molar-refractivity contribution in [3.8, 4) is 0 Å². The second-order valence-corrected chi connectivity index (χ2v) is 2.72. The van der Waals surface area contributed by atoms with Gasteiger partial charge in [-0.25, -0.2) is 0 Å². The summed E-state index contributed by atoms with van der Waals surface area (Å²) in [5.41, 5.74) is 2.05. The zero-order valence-electron chi connectivity index (χ0n) is 6.39. The Labute approximate surface area is 71.7 Å². The number of benzene rings is 1. The normalized spacial score (nSPS) is 9.27. The van der Waals surface area contributed by atoms with Crippen LogP contribution < -0.4 is 5.32 Å². The molecule has 0 spiro atoms. The molecule has 0 aliphatic carbocycles. The van der Waals surface area contributed by atoms with Crippen LogP contribution in [0.3, 0.4) is 0 Å². The van der Waals surface area contributed by atoms with E-state index in [9.17, 15) is 0 Å². The number of halogens is 1. The first-order valence-electron chi connectivity index (χ1n) is 3.37. The van der Waals surface area contributed by atoms with Gasteiger partial charge >= 0.3 is 0 Å². The van der Waals surface area contributed by atoms with Crippen LogP contribution in [0.25, 0.3) is 0 Å². The van der Waals surface area contributed by atoms with E-state index in [-0.39, 0.29) is 0 Å². The van der Waals surface area contributed by atoms with E-state index in [4.69, 9.17) is 11.6 Å². The maximum absolute atomic E-state index is 5.88. The van der Waals surface area contributed by atoms with Crippen molar-refractivity contribution in [3.63, 3.8) is 0 Å². The summed E-state index contributed by atoms with van der Waals surface area (Å²) in [5, 5.41) is 3.73. The van der Waals surface area contributed by atoms with Gasteiger partial charge in [-0.15, -0.1) is 0 Å². The molecule has 0 aliphatic rings. The molecule has 0 aromatic heterocycles. The fourth-order valence-corrected chi connectivity index (χ4v) is 0.981. The fraction of sp³-hybridized carbons (Fsp3) is 0.111. The van der Waals surface area contributed by atoms with E-state index in [1.54, 1.807) is 6.20 Å². The Morgan fingerprint density at radius 3 is 2.82 bits per heavy atom. The molecule has 11 heavy (non-hydrogen) atoms.